The number of amides is 1. The van der Waals surface area contributed by atoms with Crippen LogP contribution in [0.5, 0.6) is 0 Å². The third-order valence-corrected chi connectivity index (χ3v) is 4.59. The molecule has 1 aliphatic carbocycles. The van der Waals surface area contributed by atoms with Gasteiger partial charge in [-0.15, -0.1) is 24.0 Å². The summed E-state index contributed by atoms with van der Waals surface area (Å²) < 4.78 is 1.72. The van der Waals surface area contributed by atoms with Crippen molar-refractivity contribution in [3.05, 3.63) is 12.4 Å². The molecule has 0 spiro atoms. The molecule has 0 atom stereocenters. The molecule has 2 heterocycles. The quantitative estimate of drug-likeness (QED) is 0.305. The second kappa shape index (κ2) is 9.40. The van der Waals surface area contributed by atoms with E-state index in [1.165, 1.54) is 19.3 Å². The average Bonchev–Trinajstić information content (AvgIpc) is 3.30. The van der Waals surface area contributed by atoms with E-state index < -0.39 is 0 Å². The minimum Gasteiger partial charge on any atom is -0.357 e. The Labute approximate surface area is 166 Å². The Kier molecular flexibility index (Phi) is 7.52. The molecular formula is C17H29IN6O. The van der Waals surface area contributed by atoms with Gasteiger partial charge in [0.15, 0.2) is 5.96 Å². The van der Waals surface area contributed by atoms with Crippen LogP contribution in [0.15, 0.2) is 17.4 Å². The number of hydrogen-bond acceptors (Lipinski definition) is 3. The summed E-state index contributed by atoms with van der Waals surface area (Å²) in [4.78, 5) is 21.1. The lowest BCUT2D eigenvalue weighted by Gasteiger charge is -2.35. The summed E-state index contributed by atoms with van der Waals surface area (Å²) in [7, 11) is 1.86. The van der Waals surface area contributed by atoms with Gasteiger partial charge in [0.05, 0.1) is 11.9 Å². The van der Waals surface area contributed by atoms with Gasteiger partial charge < -0.3 is 15.1 Å². The number of guanidine groups is 1. The van der Waals surface area contributed by atoms with Crippen molar-refractivity contribution in [2.24, 2.45) is 18.0 Å². The number of nitrogens with zero attached hydrogens (tertiary/aromatic N) is 5. The summed E-state index contributed by atoms with van der Waals surface area (Å²) in [5.41, 5.74) is 0.869. The van der Waals surface area contributed by atoms with Crippen LogP contribution in [0.4, 0.5) is 5.69 Å². The second-order valence-corrected chi connectivity index (χ2v) is 6.66. The number of carbonyl (C=O) groups is 1. The molecule has 1 saturated heterocycles. The first-order chi connectivity index (χ1) is 11.7. The summed E-state index contributed by atoms with van der Waals surface area (Å²) in [6, 6.07) is 0. The van der Waals surface area contributed by atoms with E-state index in [2.05, 4.69) is 22.2 Å². The van der Waals surface area contributed by atoms with Crippen LogP contribution >= 0.6 is 24.0 Å². The Bertz CT molecular complexity index is 598. The summed E-state index contributed by atoms with van der Waals surface area (Å²) in [6.07, 6.45) is 8.85. The predicted molar refractivity (Wildman–Crippen MR) is 110 cm³/mol. The van der Waals surface area contributed by atoms with Gasteiger partial charge in [0.1, 0.15) is 6.54 Å². The van der Waals surface area contributed by atoms with E-state index in [4.69, 9.17) is 4.99 Å². The maximum absolute atomic E-state index is 12.5. The lowest BCUT2D eigenvalue weighted by molar-refractivity contribution is -0.120. The van der Waals surface area contributed by atoms with E-state index in [9.17, 15) is 4.79 Å². The van der Waals surface area contributed by atoms with Crippen molar-refractivity contribution < 1.29 is 4.79 Å². The zero-order valence-corrected chi connectivity index (χ0v) is 17.5. The molecule has 25 heavy (non-hydrogen) atoms. The van der Waals surface area contributed by atoms with Gasteiger partial charge >= 0.3 is 0 Å². The third-order valence-electron chi connectivity index (χ3n) is 4.59. The minimum absolute atomic E-state index is 0. The number of aromatic nitrogens is 2. The zero-order valence-electron chi connectivity index (χ0n) is 15.1. The van der Waals surface area contributed by atoms with Crippen molar-refractivity contribution in [2.45, 2.75) is 32.6 Å². The summed E-state index contributed by atoms with van der Waals surface area (Å²) in [5, 5.41) is 7.48. The van der Waals surface area contributed by atoms with E-state index in [1.807, 2.05) is 13.2 Å². The molecule has 7 nitrogen and oxygen atoms in total. The highest BCUT2D eigenvalue weighted by Gasteiger charge is 2.27. The van der Waals surface area contributed by atoms with E-state index in [-0.39, 0.29) is 29.9 Å². The minimum atomic E-state index is 0. The number of rotatable bonds is 6. The van der Waals surface area contributed by atoms with E-state index in [1.54, 1.807) is 15.8 Å². The molecule has 3 rings (SSSR count). The van der Waals surface area contributed by atoms with Crippen molar-refractivity contribution >= 4 is 41.5 Å². The van der Waals surface area contributed by atoms with Crippen LogP contribution in [-0.4, -0.2) is 59.3 Å². The molecule has 0 bridgehead atoms. The van der Waals surface area contributed by atoms with Crippen molar-refractivity contribution in [1.82, 2.24) is 20.0 Å². The fourth-order valence-electron chi connectivity index (χ4n) is 3.07. The fourth-order valence-corrected chi connectivity index (χ4v) is 3.07. The van der Waals surface area contributed by atoms with Crippen molar-refractivity contribution in [3.63, 3.8) is 0 Å². The molecule has 0 unspecified atom stereocenters. The van der Waals surface area contributed by atoms with Gasteiger partial charge in [-0.3, -0.25) is 14.5 Å². The molecule has 0 aromatic carbocycles. The Morgan fingerprint density at radius 1 is 1.40 bits per heavy atom. The number of aliphatic imine (C=N–C) groups is 1. The first kappa shape index (κ1) is 20.0. The van der Waals surface area contributed by atoms with Crippen LogP contribution in [0.2, 0.25) is 0 Å². The average molecular weight is 460 g/mol. The maximum Gasteiger partial charge on any atom is 0.246 e. The van der Waals surface area contributed by atoms with Crippen LogP contribution in [0.1, 0.15) is 32.6 Å². The second-order valence-electron chi connectivity index (χ2n) is 6.66. The molecule has 2 aliphatic rings. The van der Waals surface area contributed by atoms with Crippen molar-refractivity contribution in [1.29, 1.82) is 0 Å². The van der Waals surface area contributed by atoms with E-state index in [0.717, 1.165) is 43.6 Å². The Hall–Kier alpha value is -1.32. The van der Waals surface area contributed by atoms with Crippen LogP contribution in [0.25, 0.3) is 0 Å². The van der Waals surface area contributed by atoms with Gasteiger partial charge in [-0.2, -0.15) is 5.10 Å². The molecule has 1 amide bonds. The standard InChI is InChI=1S/C17H28N6O.HI/c1-3-18-17(19-8-4-5-14-6-7-14)22-9-10-23(16(24)13-22)15-11-20-21(2)12-15;/h11-12,14H,3-10,13H2,1-2H3,(H,18,19);1H. The molecular weight excluding hydrogens is 431 g/mol. The van der Waals surface area contributed by atoms with Crippen LogP contribution in [-0.2, 0) is 11.8 Å². The van der Waals surface area contributed by atoms with E-state index in [0.29, 0.717) is 13.1 Å². The van der Waals surface area contributed by atoms with Gasteiger partial charge in [-0.05, 0) is 25.7 Å². The smallest absolute Gasteiger partial charge is 0.246 e. The Morgan fingerprint density at radius 3 is 2.80 bits per heavy atom. The molecule has 2 fully saturated rings. The topological polar surface area (TPSA) is 65.8 Å². The number of carbonyl (C=O) groups excluding carboxylic acids is 1. The first-order valence-electron chi connectivity index (χ1n) is 8.99. The number of aryl methyl sites for hydroxylation is 1. The Balaban J connectivity index is 0.00000225. The number of hydrogen-bond donors (Lipinski definition) is 1. The molecule has 1 saturated carbocycles. The van der Waals surface area contributed by atoms with Crippen molar-refractivity contribution in [2.75, 3.05) is 37.6 Å². The third kappa shape index (κ3) is 5.58. The highest BCUT2D eigenvalue weighted by Crippen LogP contribution is 2.33. The van der Waals surface area contributed by atoms with Crippen LogP contribution in [0, 0.1) is 5.92 Å². The number of halogens is 1. The molecule has 1 aromatic heterocycles. The predicted octanol–water partition coefficient (Wildman–Crippen LogP) is 1.84. The van der Waals surface area contributed by atoms with Gasteiger partial charge in [0.25, 0.3) is 0 Å². The van der Waals surface area contributed by atoms with Gasteiger partial charge in [0, 0.05) is 39.4 Å². The first-order valence-corrected chi connectivity index (χ1v) is 8.99. The van der Waals surface area contributed by atoms with Crippen molar-refractivity contribution in [3.8, 4) is 0 Å². The highest BCUT2D eigenvalue weighted by atomic mass is 127. The van der Waals surface area contributed by atoms with Gasteiger partial charge in [-0.1, -0.05) is 12.8 Å². The monoisotopic (exact) mass is 460 g/mol. The SMILES string of the molecule is CCNC(=NCCCC1CC1)N1CCN(c2cnn(C)c2)C(=O)C1.I. The van der Waals surface area contributed by atoms with Gasteiger partial charge in [-0.25, -0.2) is 0 Å². The largest absolute Gasteiger partial charge is 0.357 e. The molecule has 1 N–H and O–H groups in total. The lowest BCUT2D eigenvalue weighted by atomic mass is 10.2. The molecule has 0 radical (unpaired) electrons. The van der Waals surface area contributed by atoms with Crippen LogP contribution in [0.3, 0.4) is 0 Å². The van der Waals surface area contributed by atoms with E-state index >= 15 is 0 Å². The Morgan fingerprint density at radius 2 is 2.20 bits per heavy atom. The normalized spacial score (nSPS) is 18.3. The summed E-state index contributed by atoms with van der Waals surface area (Å²) in [6.45, 7) is 5.54. The zero-order chi connectivity index (χ0) is 16.9. The highest BCUT2D eigenvalue weighted by molar-refractivity contribution is 14.0. The molecule has 1 aromatic rings. The number of nitrogens with one attached hydrogen (secondary N) is 1. The molecule has 140 valence electrons. The fraction of sp³-hybridized carbons (Fsp3) is 0.706. The summed E-state index contributed by atoms with van der Waals surface area (Å²) in [5.74, 6) is 1.91. The molecule has 1 aliphatic heterocycles. The maximum atomic E-state index is 12.5. The van der Waals surface area contributed by atoms with Crippen LogP contribution < -0.4 is 10.2 Å². The molecule has 8 heteroatoms. The number of piperazine rings is 1. The lowest BCUT2D eigenvalue weighted by Crippen LogP contribution is -2.55. The summed E-state index contributed by atoms with van der Waals surface area (Å²) >= 11 is 0. The van der Waals surface area contributed by atoms with Gasteiger partial charge in [0.2, 0.25) is 5.91 Å². The number of anilines is 1.